The normalized spacial score (nSPS) is 13.6. The first kappa shape index (κ1) is 14.3. The number of anilines is 1. The van der Waals surface area contributed by atoms with E-state index in [0.717, 1.165) is 17.8 Å². The highest BCUT2D eigenvalue weighted by Gasteiger charge is 2.24. The molecule has 0 spiro atoms. The number of imidazole rings is 1. The van der Waals surface area contributed by atoms with Crippen molar-refractivity contribution in [2.75, 3.05) is 11.9 Å². The molecule has 1 aromatic carbocycles. The molecule has 6 nitrogen and oxygen atoms in total. The minimum Gasteiger partial charge on any atom is -0.336 e. The summed E-state index contributed by atoms with van der Waals surface area (Å²) in [5.41, 5.74) is 3.37. The van der Waals surface area contributed by atoms with Gasteiger partial charge >= 0.3 is 0 Å². The Bertz CT molecular complexity index is 735. The fraction of sp³-hybridized carbons (Fsp3) is 0.312. The molecule has 0 atom stereocenters. The van der Waals surface area contributed by atoms with Crippen LogP contribution in [0.5, 0.6) is 0 Å². The van der Waals surface area contributed by atoms with E-state index in [0.29, 0.717) is 24.3 Å². The number of hydrogen-bond acceptors (Lipinski definition) is 3. The van der Waals surface area contributed by atoms with Crippen molar-refractivity contribution in [3.63, 3.8) is 0 Å². The van der Waals surface area contributed by atoms with E-state index in [1.54, 1.807) is 30.6 Å². The van der Waals surface area contributed by atoms with Gasteiger partial charge in [0.25, 0.3) is 5.91 Å². The van der Waals surface area contributed by atoms with Crippen LogP contribution in [-0.4, -0.2) is 32.8 Å². The van der Waals surface area contributed by atoms with Crippen molar-refractivity contribution < 1.29 is 9.59 Å². The first-order valence-corrected chi connectivity index (χ1v) is 7.20. The molecule has 0 aliphatic carbocycles. The number of amides is 2. The smallest absolute Gasteiger partial charge is 0.254 e. The maximum Gasteiger partial charge on any atom is 0.254 e. The lowest BCUT2D eigenvalue weighted by atomic mass is 10.1. The van der Waals surface area contributed by atoms with Crippen LogP contribution in [0.2, 0.25) is 0 Å². The maximum absolute atomic E-state index is 12.7. The zero-order chi connectivity index (χ0) is 15.7. The van der Waals surface area contributed by atoms with E-state index >= 15 is 0 Å². The summed E-state index contributed by atoms with van der Waals surface area (Å²) in [5.74, 6) is -0.179. The van der Waals surface area contributed by atoms with Crippen LogP contribution in [0, 0.1) is 0 Å². The van der Waals surface area contributed by atoms with Crippen LogP contribution in [0.3, 0.4) is 0 Å². The zero-order valence-electron chi connectivity index (χ0n) is 12.7. The van der Waals surface area contributed by atoms with Crippen molar-refractivity contribution in [1.82, 2.24) is 14.5 Å². The van der Waals surface area contributed by atoms with Gasteiger partial charge in [0.15, 0.2) is 0 Å². The average Bonchev–Trinajstić information content (AvgIpc) is 2.87. The molecule has 0 radical (unpaired) electrons. The lowest BCUT2D eigenvalue weighted by Crippen LogP contribution is -2.36. The zero-order valence-corrected chi connectivity index (χ0v) is 12.7. The number of carbonyl (C=O) groups is 2. The van der Waals surface area contributed by atoms with Gasteiger partial charge in [-0.1, -0.05) is 6.07 Å². The molecule has 0 unspecified atom stereocenters. The Hall–Kier alpha value is -2.63. The van der Waals surface area contributed by atoms with Gasteiger partial charge in [0, 0.05) is 38.2 Å². The highest BCUT2D eigenvalue weighted by Crippen LogP contribution is 2.20. The van der Waals surface area contributed by atoms with Gasteiger partial charge in [-0.3, -0.25) is 9.59 Å². The first-order chi connectivity index (χ1) is 10.5. The van der Waals surface area contributed by atoms with Gasteiger partial charge in [-0.05, 0) is 18.2 Å². The Morgan fingerprint density at radius 3 is 2.91 bits per heavy atom. The second-order valence-electron chi connectivity index (χ2n) is 5.49. The van der Waals surface area contributed by atoms with Crippen LogP contribution >= 0.6 is 0 Å². The molecule has 2 heterocycles. The molecule has 2 aromatic rings. The molecular formula is C16H18N4O2. The summed E-state index contributed by atoms with van der Waals surface area (Å²) in [7, 11) is 1.94. The lowest BCUT2D eigenvalue weighted by Gasteiger charge is -2.27. The molecule has 22 heavy (non-hydrogen) atoms. The molecule has 2 amide bonds. The van der Waals surface area contributed by atoms with Crippen molar-refractivity contribution in [2.24, 2.45) is 7.05 Å². The van der Waals surface area contributed by atoms with Crippen LogP contribution in [0.1, 0.15) is 28.7 Å². The second kappa shape index (κ2) is 5.63. The minimum atomic E-state index is -0.151. The fourth-order valence-electron chi connectivity index (χ4n) is 2.71. The van der Waals surface area contributed by atoms with E-state index in [4.69, 9.17) is 0 Å². The molecule has 0 saturated heterocycles. The number of hydrogen-bond donors (Lipinski definition) is 1. The van der Waals surface area contributed by atoms with Crippen LogP contribution in [-0.2, 0) is 24.8 Å². The molecule has 0 saturated carbocycles. The maximum atomic E-state index is 12.7. The lowest BCUT2D eigenvalue weighted by molar-refractivity contribution is -0.114. The molecule has 3 rings (SSSR count). The predicted molar refractivity (Wildman–Crippen MR) is 82.4 cm³/mol. The molecule has 1 N–H and O–H groups in total. The van der Waals surface area contributed by atoms with Crippen LogP contribution in [0.25, 0.3) is 0 Å². The van der Waals surface area contributed by atoms with Crippen molar-refractivity contribution in [3.8, 4) is 0 Å². The SMILES string of the molecule is CC(=O)Nc1cccc(C(=O)N2CCc3ncn(C)c3C2)c1. The Balaban J connectivity index is 1.80. The average molecular weight is 298 g/mol. The number of aryl methyl sites for hydroxylation is 1. The minimum absolute atomic E-state index is 0.0287. The molecule has 1 aliphatic rings. The number of nitrogens with zero attached hydrogens (tertiary/aromatic N) is 3. The van der Waals surface area contributed by atoms with Gasteiger partial charge in [-0.15, -0.1) is 0 Å². The Kier molecular flexibility index (Phi) is 3.66. The number of aromatic nitrogens is 2. The van der Waals surface area contributed by atoms with Crippen LogP contribution < -0.4 is 5.32 Å². The highest BCUT2D eigenvalue weighted by atomic mass is 16.2. The van der Waals surface area contributed by atoms with Crippen molar-refractivity contribution in [3.05, 3.63) is 47.5 Å². The molecule has 1 aromatic heterocycles. The number of rotatable bonds is 2. The molecule has 114 valence electrons. The van der Waals surface area contributed by atoms with Gasteiger partial charge in [-0.2, -0.15) is 0 Å². The summed E-state index contributed by atoms with van der Waals surface area (Å²) < 4.78 is 1.96. The Morgan fingerprint density at radius 1 is 1.32 bits per heavy atom. The number of nitrogens with one attached hydrogen (secondary N) is 1. The summed E-state index contributed by atoms with van der Waals surface area (Å²) in [5, 5.41) is 2.70. The molecule has 0 bridgehead atoms. The van der Waals surface area contributed by atoms with Gasteiger partial charge in [0.2, 0.25) is 5.91 Å². The van der Waals surface area contributed by atoms with Crippen molar-refractivity contribution in [2.45, 2.75) is 19.9 Å². The van der Waals surface area contributed by atoms with E-state index in [9.17, 15) is 9.59 Å². The molecule has 6 heteroatoms. The standard InChI is InChI=1S/C16H18N4O2/c1-11(21)18-13-5-3-4-12(8-13)16(22)20-7-6-14-15(9-20)19(2)10-17-14/h3-5,8,10H,6-7,9H2,1-2H3,(H,18,21). The van der Waals surface area contributed by atoms with E-state index in [1.165, 1.54) is 6.92 Å². The van der Waals surface area contributed by atoms with Gasteiger partial charge in [-0.25, -0.2) is 4.98 Å². The highest BCUT2D eigenvalue weighted by molar-refractivity contribution is 5.96. The van der Waals surface area contributed by atoms with Crippen LogP contribution in [0.15, 0.2) is 30.6 Å². The van der Waals surface area contributed by atoms with Crippen molar-refractivity contribution >= 4 is 17.5 Å². The third-order valence-corrected chi connectivity index (χ3v) is 3.82. The molecule has 0 fully saturated rings. The van der Waals surface area contributed by atoms with E-state index in [-0.39, 0.29) is 11.8 Å². The topological polar surface area (TPSA) is 67.2 Å². The largest absolute Gasteiger partial charge is 0.336 e. The van der Waals surface area contributed by atoms with E-state index in [2.05, 4.69) is 10.3 Å². The van der Waals surface area contributed by atoms with E-state index < -0.39 is 0 Å². The van der Waals surface area contributed by atoms with Crippen LogP contribution in [0.4, 0.5) is 5.69 Å². The van der Waals surface area contributed by atoms with Gasteiger partial charge < -0.3 is 14.8 Å². The summed E-state index contributed by atoms with van der Waals surface area (Å²) in [6.07, 6.45) is 2.56. The summed E-state index contributed by atoms with van der Waals surface area (Å²) in [4.78, 5) is 30.0. The quantitative estimate of drug-likeness (QED) is 0.915. The Labute approximate surface area is 128 Å². The predicted octanol–water partition coefficient (Wildman–Crippen LogP) is 1.58. The van der Waals surface area contributed by atoms with Crippen molar-refractivity contribution in [1.29, 1.82) is 0 Å². The third-order valence-electron chi connectivity index (χ3n) is 3.82. The molecular weight excluding hydrogens is 280 g/mol. The third kappa shape index (κ3) is 2.72. The molecule has 1 aliphatic heterocycles. The fourth-order valence-corrected chi connectivity index (χ4v) is 2.71. The van der Waals surface area contributed by atoms with Gasteiger partial charge in [0.05, 0.1) is 24.3 Å². The number of benzene rings is 1. The number of fused-ring (bicyclic) bond motifs is 1. The monoisotopic (exact) mass is 298 g/mol. The summed E-state index contributed by atoms with van der Waals surface area (Å²) in [6, 6.07) is 7.03. The Morgan fingerprint density at radius 2 is 2.14 bits per heavy atom. The summed E-state index contributed by atoms with van der Waals surface area (Å²) >= 11 is 0. The van der Waals surface area contributed by atoms with E-state index in [1.807, 2.05) is 16.5 Å². The first-order valence-electron chi connectivity index (χ1n) is 7.20. The summed E-state index contributed by atoms with van der Waals surface area (Å²) in [6.45, 7) is 2.67. The van der Waals surface area contributed by atoms with Gasteiger partial charge in [0.1, 0.15) is 0 Å². The number of carbonyl (C=O) groups excluding carboxylic acids is 2. The second-order valence-corrected chi connectivity index (χ2v) is 5.49.